The van der Waals surface area contributed by atoms with Crippen molar-refractivity contribution < 1.29 is 27.4 Å². The number of hydrogen-bond acceptors (Lipinski definition) is 6. The summed E-state index contributed by atoms with van der Waals surface area (Å²) in [5.74, 6) is -0.0939. The molecular formula is C17H23NO6S. The van der Waals surface area contributed by atoms with Crippen molar-refractivity contribution in [1.82, 2.24) is 4.31 Å². The number of piperidine rings is 1. The van der Waals surface area contributed by atoms with Crippen LogP contribution in [0.1, 0.15) is 24.8 Å². The highest BCUT2D eigenvalue weighted by Gasteiger charge is 2.30. The van der Waals surface area contributed by atoms with Gasteiger partial charge in [-0.2, -0.15) is 4.31 Å². The summed E-state index contributed by atoms with van der Waals surface area (Å²) in [4.78, 5) is 11.3. The van der Waals surface area contributed by atoms with E-state index in [1.165, 1.54) is 43.9 Å². The highest BCUT2D eigenvalue weighted by molar-refractivity contribution is 7.89. The summed E-state index contributed by atoms with van der Waals surface area (Å²) in [7, 11) is 0.379. The van der Waals surface area contributed by atoms with Crippen LogP contribution in [0.5, 0.6) is 11.5 Å². The first kappa shape index (κ1) is 19.3. The number of methoxy groups -OCH3 is 3. The maximum atomic E-state index is 13.1. The van der Waals surface area contributed by atoms with Crippen LogP contribution in [0.3, 0.4) is 0 Å². The van der Waals surface area contributed by atoms with Gasteiger partial charge in [0, 0.05) is 19.2 Å². The Bertz CT molecular complexity index is 751. The number of sulfonamides is 1. The highest BCUT2D eigenvalue weighted by atomic mass is 32.2. The summed E-state index contributed by atoms with van der Waals surface area (Å²) in [6, 6.07) is 3.08. The Labute approximate surface area is 148 Å². The third-order valence-electron chi connectivity index (χ3n) is 4.01. The number of hydrogen-bond donors (Lipinski definition) is 0. The van der Waals surface area contributed by atoms with Crippen molar-refractivity contribution >= 4 is 22.1 Å². The van der Waals surface area contributed by atoms with Crippen molar-refractivity contribution in [1.29, 1.82) is 0 Å². The lowest BCUT2D eigenvalue weighted by molar-refractivity contribution is -0.134. The third-order valence-corrected chi connectivity index (χ3v) is 5.92. The molecule has 1 aliphatic heterocycles. The summed E-state index contributed by atoms with van der Waals surface area (Å²) < 4.78 is 42.7. The molecule has 0 aromatic heterocycles. The van der Waals surface area contributed by atoms with Crippen LogP contribution in [0.4, 0.5) is 0 Å². The zero-order valence-electron chi connectivity index (χ0n) is 14.6. The van der Waals surface area contributed by atoms with Crippen LogP contribution in [0, 0.1) is 0 Å². The molecule has 0 bridgehead atoms. The van der Waals surface area contributed by atoms with Crippen molar-refractivity contribution in [3.63, 3.8) is 0 Å². The number of carbonyl (C=O) groups is 1. The van der Waals surface area contributed by atoms with Gasteiger partial charge in [0.25, 0.3) is 0 Å². The molecule has 1 aromatic rings. The topological polar surface area (TPSA) is 82.1 Å². The Morgan fingerprint density at radius 2 is 1.76 bits per heavy atom. The molecule has 1 aromatic carbocycles. The maximum absolute atomic E-state index is 13.1. The molecule has 25 heavy (non-hydrogen) atoms. The van der Waals surface area contributed by atoms with Crippen LogP contribution in [-0.4, -0.2) is 53.1 Å². The average Bonchev–Trinajstić information content (AvgIpc) is 2.65. The van der Waals surface area contributed by atoms with E-state index in [-0.39, 0.29) is 16.4 Å². The minimum Gasteiger partial charge on any atom is -0.493 e. The van der Waals surface area contributed by atoms with Gasteiger partial charge in [0.15, 0.2) is 11.5 Å². The second-order valence-electron chi connectivity index (χ2n) is 5.58. The third kappa shape index (κ3) is 4.32. The molecule has 0 saturated carbocycles. The van der Waals surface area contributed by atoms with E-state index in [0.717, 1.165) is 19.3 Å². The van der Waals surface area contributed by atoms with Crippen molar-refractivity contribution in [3.05, 3.63) is 23.8 Å². The van der Waals surface area contributed by atoms with E-state index in [1.807, 2.05) is 0 Å². The molecule has 8 heteroatoms. The van der Waals surface area contributed by atoms with Gasteiger partial charge >= 0.3 is 5.97 Å². The molecule has 0 atom stereocenters. The molecule has 138 valence electrons. The fraction of sp³-hybridized carbons (Fsp3) is 0.471. The lowest BCUT2D eigenvalue weighted by atomic mass is 10.2. The van der Waals surface area contributed by atoms with E-state index < -0.39 is 16.0 Å². The number of esters is 1. The van der Waals surface area contributed by atoms with Crippen LogP contribution in [-0.2, 0) is 19.6 Å². The summed E-state index contributed by atoms with van der Waals surface area (Å²) in [5.41, 5.74) is 0.499. The average molecular weight is 369 g/mol. The summed E-state index contributed by atoms with van der Waals surface area (Å²) in [6.07, 6.45) is 5.39. The normalized spacial score (nSPS) is 16.0. The summed E-state index contributed by atoms with van der Waals surface area (Å²) in [6.45, 7) is 0.964. The standard InChI is InChI=1S/C17H23NO6S/c1-22-14-11-13(7-8-16(19)23-2)12-15(17(14)24-3)25(20,21)18-9-5-4-6-10-18/h7-8,11-12H,4-6,9-10H2,1-3H3/b8-7-. The maximum Gasteiger partial charge on any atom is 0.330 e. The second kappa shape index (κ2) is 8.35. The van der Waals surface area contributed by atoms with Gasteiger partial charge < -0.3 is 14.2 Å². The molecular weight excluding hydrogens is 346 g/mol. The Balaban J connectivity index is 2.53. The Hall–Kier alpha value is -2.06. The van der Waals surface area contributed by atoms with Crippen LogP contribution in [0.2, 0.25) is 0 Å². The number of benzene rings is 1. The van der Waals surface area contributed by atoms with E-state index in [9.17, 15) is 13.2 Å². The molecule has 0 aliphatic carbocycles. The molecule has 0 unspecified atom stereocenters. The van der Waals surface area contributed by atoms with Crippen molar-refractivity contribution in [2.75, 3.05) is 34.4 Å². The first-order chi connectivity index (χ1) is 11.9. The zero-order valence-corrected chi connectivity index (χ0v) is 15.5. The van der Waals surface area contributed by atoms with E-state index in [1.54, 1.807) is 6.07 Å². The van der Waals surface area contributed by atoms with Crippen LogP contribution < -0.4 is 9.47 Å². The Kier molecular flexibility index (Phi) is 6.44. The Morgan fingerprint density at radius 1 is 1.08 bits per heavy atom. The van der Waals surface area contributed by atoms with Gasteiger partial charge in [0.2, 0.25) is 10.0 Å². The lowest BCUT2D eigenvalue weighted by Gasteiger charge is -2.27. The summed E-state index contributed by atoms with van der Waals surface area (Å²) in [5, 5.41) is 0. The molecule has 1 aliphatic rings. The van der Waals surface area contributed by atoms with Crippen molar-refractivity contribution in [2.45, 2.75) is 24.2 Å². The number of ether oxygens (including phenoxy) is 3. The van der Waals surface area contributed by atoms with Gasteiger partial charge in [-0.3, -0.25) is 0 Å². The first-order valence-corrected chi connectivity index (χ1v) is 9.40. The fourth-order valence-electron chi connectivity index (χ4n) is 2.71. The van der Waals surface area contributed by atoms with Gasteiger partial charge in [-0.15, -0.1) is 0 Å². The predicted molar refractivity (Wildman–Crippen MR) is 93.2 cm³/mol. The van der Waals surface area contributed by atoms with E-state index in [4.69, 9.17) is 9.47 Å². The largest absolute Gasteiger partial charge is 0.493 e. The molecule has 0 radical (unpaired) electrons. The van der Waals surface area contributed by atoms with E-state index in [2.05, 4.69) is 4.74 Å². The fourth-order valence-corrected chi connectivity index (χ4v) is 4.43. The molecule has 0 N–H and O–H groups in total. The second-order valence-corrected chi connectivity index (χ2v) is 7.48. The lowest BCUT2D eigenvalue weighted by Crippen LogP contribution is -2.35. The summed E-state index contributed by atoms with van der Waals surface area (Å²) >= 11 is 0. The molecule has 0 amide bonds. The van der Waals surface area contributed by atoms with E-state index >= 15 is 0 Å². The smallest absolute Gasteiger partial charge is 0.330 e. The molecule has 2 rings (SSSR count). The number of nitrogens with zero attached hydrogens (tertiary/aromatic N) is 1. The van der Waals surface area contributed by atoms with Gasteiger partial charge in [-0.05, 0) is 36.6 Å². The molecule has 1 saturated heterocycles. The van der Waals surface area contributed by atoms with E-state index in [0.29, 0.717) is 18.7 Å². The van der Waals surface area contributed by atoms with Gasteiger partial charge in [-0.25, -0.2) is 13.2 Å². The van der Waals surface area contributed by atoms with Gasteiger partial charge in [0.1, 0.15) is 4.90 Å². The van der Waals surface area contributed by atoms with Crippen molar-refractivity contribution in [3.8, 4) is 11.5 Å². The molecule has 0 spiro atoms. The number of rotatable bonds is 6. The number of carbonyl (C=O) groups excluding carboxylic acids is 1. The zero-order chi connectivity index (χ0) is 18.4. The minimum atomic E-state index is -3.73. The van der Waals surface area contributed by atoms with Crippen LogP contribution >= 0.6 is 0 Å². The molecule has 7 nitrogen and oxygen atoms in total. The monoisotopic (exact) mass is 369 g/mol. The van der Waals surface area contributed by atoms with Gasteiger partial charge in [-0.1, -0.05) is 6.42 Å². The Morgan fingerprint density at radius 3 is 2.32 bits per heavy atom. The molecule has 1 heterocycles. The van der Waals surface area contributed by atoms with Crippen LogP contribution in [0.25, 0.3) is 6.08 Å². The van der Waals surface area contributed by atoms with Crippen LogP contribution in [0.15, 0.2) is 23.1 Å². The molecule has 1 fully saturated rings. The minimum absolute atomic E-state index is 0.0285. The predicted octanol–water partition coefficient (Wildman–Crippen LogP) is 2.06. The quantitative estimate of drug-likeness (QED) is 0.564. The van der Waals surface area contributed by atoms with Crippen molar-refractivity contribution in [2.24, 2.45) is 0 Å². The van der Waals surface area contributed by atoms with Gasteiger partial charge in [0.05, 0.1) is 21.3 Å². The first-order valence-electron chi connectivity index (χ1n) is 7.96. The highest BCUT2D eigenvalue weighted by Crippen LogP contribution is 2.38. The SMILES string of the molecule is COC(=O)/C=C\c1cc(OC)c(OC)c(S(=O)(=O)N2CCCCC2)c1.